The average molecular weight is 412 g/mol. The number of hydrogen-bond donors (Lipinski definition) is 2. The lowest BCUT2D eigenvalue weighted by Crippen LogP contribution is -2.62. The number of nitrogens with two attached hydrogens (primary N) is 1. The second-order valence-electron chi connectivity index (χ2n) is 9.65. The number of fused-ring (bicyclic) bond motifs is 2. The molecule has 156 valence electrons. The molecule has 5 nitrogen and oxygen atoms in total. The zero-order chi connectivity index (χ0) is 20.9. The minimum atomic E-state index is -0.137. The van der Waals surface area contributed by atoms with Gasteiger partial charge in [-0.25, -0.2) is 0 Å². The van der Waals surface area contributed by atoms with Gasteiger partial charge in [0.05, 0.1) is 5.69 Å². The fourth-order valence-corrected chi connectivity index (χ4v) is 6.97. The first-order valence-electron chi connectivity index (χ1n) is 11.1. The number of aromatic hydroxyl groups is 1. The van der Waals surface area contributed by atoms with Crippen LogP contribution < -0.4 is 10.5 Å². The monoisotopic (exact) mass is 411 g/mol. The van der Waals surface area contributed by atoms with Crippen molar-refractivity contribution in [3.05, 3.63) is 71.0 Å². The van der Waals surface area contributed by atoms with Crippen molar-refractivity contribution in [3.63, 3.8) is 0 Å². The van der Waals surface area contributed by atoms with Crippen LogP contribution in [0.15, 0.2) is 48.7 Å². The third-order valence-corrected chi connectivity index (χ3v) is 8.35. The van der Waals surface area contributed by atoms with E-state index in [0.29, 0.717) is 17.7 Å². The second kappa shape index (κ2) is 5.80. The number of likely N-dealkylation sites (N-methyl/N-ethyl adjacent to an activating group) is 1. The van der Waals surface area contributed by atoms with E-state index in [1.165, 1.54) is 16.7 Å². The van der Waals surface area contributed by atoms with Gasteiger partial charge in [0, 0.05) is 40.0 Å². The average Bonchev–Trinajstić information content (AvgIpc) is 3.13. The normalized spacial score (nSPS) is 29.8. The van der Waals surface area contributed by atoms with Gasteiger partial charge in [0.25, 0.3) is 0 Å². The molecule has 7 rings (SSSR count). The molecule has 0 amide bonds. The molecule has 2 aliphatic heterocycles. The summed E-state index contributed by atoms with van der Waals surface area (Å²) in [4.78, 5) is 7.49. The number of pyridine rings is 1. The van der Waals surface area contributed by atoms with Crippen molar-refractivity contribution in [2.75, 3.05) is 19.3 Å². The molecule has 1 aromatic heterocycles. The maximum atomic E-state index is 10.7. The van der Waals surface area contributed by atoms with Gasteiger partial charge in [0.2, 0.25) is 0 Å². The molecule has 3 heterocycles. The predicted octanol–water partition coefficient (Wildman–Crippen LogP) is 3.84. The van der Waals surface area contributed by atoms with Crippen LogP contribution in [0.5, 0.6) is 11.5 Å². The molecule has 1 saturated heterocycles. The second-order valence-corrected chi connectivity index (χ2v) is 9.65. The first-order chi connectivity index (χ1) is 15.1. The Kier molecular flexibility index (Phi) is 3.29. The summed E-state index contributed by atoms with van der Waals surface area (Å²) < 4.78 is 6.58. The summed E-state index contributed by atoms with van der Waals surface area (Å²) in [6, 6.07) is 14.6. The van der Waals surface area contributed by atoms with Gasteiger partial charge >= 0.3 is 0 Å². The van der Waals surface area contributed by atoms with Gasteiger partial charge in [-0.2, -0.15) is 0 Å². The number of phenolic OH excluding ortho intramolecular Hbond substituents is 1. The quantitative estimate of drug-likeness (QED) is 0.596. The molecule has 0 saturated carbocycles. The lowest BCUT2D eigenvalue weighted by Gasteiger charge is -2.57. The smallest absolute Gasteiger partial charge is 0.166 e. The van der Waals surface area contributed by atoms with Crippen LogP contribution in [-0.2, 0) is 18.3 Å². The van der Waals surface area contributed by atoms with Crippen molar-refractivity contribution in [2.24, 2.45) is 5.92 Å². The van der Waals surface area contributed by atoms with E-state index in [-0.39, 0.29) is 17.3 Å². The Hall–Kier alpha value is -3.05. The Bertz CT molecular complexity index is 1260. The van der Waals surface area contributed by atoms with Gasteiger partial charge in [0.1, 0.15) is 0 Å². The number of para-hydroxylation sites is 1. The molecule has 31 heavy (non-hydrogen) atoms. The molecule has 1 spiro atoms. The Balaban J connectivity index is 1.45. The maximum absolute atomic E-state index is 10.7. The molecule has 4 aliphatic rings. The van der Waals surface area contributed by atoms with E-state index in [0.717, 1.165) is 48.3 Å². The molecule has 4 atom stereocenters. The number of rotatable bonds is 1. The molecular weight excluding hydrogens is 386 g/mol. The number of aromatic nitrogens is 1. The van der Waals surface area contributed by atoms with Crippen molar-refractivity contribution in [2.45, 2.75) is 36.8 Å². The molecular formula is C26H25N3O2. The highest BCUT2D eigenvalue weighted by Crippen LogP contribution is 2.66. The third-order valence-electron chi connectivity index (χ3n) is 8.35. The Labute approximate surface area is 181 Å². The first-order valence-corrected chi connectivity index (χ1v) is 11.1. The summed E-state index contributed by atoms with van der Waals surface area (Å²) in [7, 11) is 2.25. The van der Waals surface area contributed by atoms with Crippen LogP contribution in [-0.4, -0.2) is 34.6 Å². The summed E-state index contributed by atoms with van der Waals surface area (Å²) >= 11 is 0. The number of anilines is 1. The van der Waals surface area contributed by atoms with E-state index in [1.54, 1.807) is 6.07 Å². The van der Waals surface area contributed by atoms with Crippen LogP contribution in [0.2, 0.25) is 0 Å². The zero-order valence-corrected chi connectivity index (χ0v) is 17.5. The summed E-state index contributed by atoms with van der Waals surface area (Å²) in [6.07, 6.45) is 4.82. The molecule has 0 radical (unpaired) electrons. The minimum Gasteiger partial charge on any atom is -0.504 e. The van der Waals surface area contributed by atoms with E-state index in [1.807, 2.05) is 24.4 Å². The summed E-state index contributed by atoms with van der Waals surface area (Å²) in [5, 5.41) is 10.7. The van der Waals surface area contributed by atoms with Crippen molar-refractivity contribution in [1.29, 1.82) is 0 Å². The standard InChI is InChI=1S/C26H25N3O2/c1-29-9-8-26-18-11-15-10-16(17-4-2-3-5-19(17)27)13-28-23(15)25(26)31-24-21(30)7-6-14(22(24)26)12-20(18)29/h2-7,10,13,18,20,25,30H,8-9,11-12,27H2,1H3/t18-,20-,25-,26-/m0/s1. The zero-order valence-electron chi connectivity index (χ0n) is 17.5. The number of benzene rings is 2. The number of nitrogens with zero attached hydrogens (tertiary/aromatic N) is 2. The summed E-state index contributed by atoms with van der Waals surface area (Å²) in [6.45, 7) is 1.05. The molecule has 2 aromatic carbocycles. The fourth-order valence-electron chi connectivity index (χ4n) is 6.97. The molecule has 3 N–H and O–H groups in total. The van der Waals surface area contributed by atoms with Crippen molar-refractivity contribution in [1.82, 2.24) is 9.88 Å². The number of phenols is 1. The van der Waals surface area contributed by atoms with Crippen molar-refractivity contribution >= 4 is 5.69 Å². The number of piperidine rings is 1. The van der Waals surface area contributed by atoms with Crippen LogP contribution in [0, 0.1) is 5.92 Å². The molecule has 2 bridgehead atoms. The highest BCUT2D eigenvalue weighted by atomic mass is 16.5. The van der Waals surface area contributed by atoms with Gasteiger partial charge in [-0.1, -0.05) is 24.3 Å². The lowest BCUT2D eigenvalue weighted by molar-refractivity contribution is -0.0260. The van der Waals surface area contributed by atoms with Crippen LogP contribution >= 0.6 is 0 Å². The van der Waals surface area contributed by atoms with E-state index >= 15 is 0 Å². The largest absolute Gasteiger partial charge is 0.504 e. The van der Waals surface area contributed by atoms with Gasteiger partial charge in [-0.15, -0.1) is 0 Å². The molecule has 5 heteroatoms. The fraction of sp³-hybridized carbons (Fsp3) is 0.346. The van der Waals surface area contributed by atoms with Gasteiger partial charge < -0.3 is 20.5 Å². The SMILES string of the molecule is CN1CC[C@]23c4c5ccc(O)c4O[C@H]2c2ncc(-c4ccccc4N)cc2C[C@H]3[C@@H]1C5. The number of hydrogen-bond acceptors (Lipinski definition) is 5. The van der Waals surface area contributed by atoms with E-state index in [2.05, 4.69) is 30.1 Å². The van der Waals surface area contributed by atoms with E-state index in [9.17, 15) is 5.11 Å². The minimum absolute atomic E-state index is 0.0911. The maximum Gasteiger partial charge on any atom is 0.166 e. The molecule has 3 aromatic rings. The highest BCUT2D eigenvalue weighted by molar-refractivity contribution is 5.76. The molecule has 0 unspecified atom stereocenters. The molecule has 1 fully saturated rings. The highest BCUT2D eigenvalue weighted by Gasteiger charge is 2.64. The van der Waals surface area contributed by atoms with Crippen LogP contribution in [0.25, 0.3) is 11.1 Å². The summed E-state index contributed by atoms with van der Waals surface area (Å²) in [5.41, 5.74) is 13.9. The lowest BCUT2D eigenvalue weighted by atomic mass is 9.51. The van der Waals surface area contributed by atoms with Crippen LogP contribution in [0.3, 0.4) is 0 Å². The van der Waals surface area contributed by atoms with Gasteiger partial charge in [-0.05, 0) is 68.1 Å². The van der Waals surface area contributed by atoms with E-state index < -0.39 is 0 Å². The topological polar surface area (TPSA) is 71.6 Å². The third kappa shape index (κ3) is 2.07. The Morgan fingerprint density at radius 2 is 2.03 bits per heavy atom. The van der Waals surface area contributed by atoms with Crippen molar-refractivity contribution in [3.8, 4) is 22.6 Å². The predicted molar refractivity (Wildman–Crippen MR) is 119 cm³/mol. The number of nitrogen functional groups attached to an aromatic ring is 1. The van der Waals surface area contributed by atoms with Crippen molar-refractivity contribution < 1.29 is 9.84 Å². The molecule has 2 aliphatic carbocycles. The number of likely N-dealkylation sites (tertiary alicyclic amines) is 1. The van der Waals surface area contributed by atoms with Crippen LogP contribution in [0.4, 0.5) is 5.69 Å². The Morgan fingerprint density at radius 1 is 1.16 bits per heavy atom. The number of ether oxygens (including phenoxy) is 1. The van der Waals surface area contributed by atoms with Crippen LogP contribution in [0.1, 0.15) is 34.9 Å². The first kappa shape index (κ1) is 17.6. The van der Waals surface area contributed by atoms with Gasteiger partial charge in [0.15, 0.2) is 17.6 Å². The summed E-state index contributed by atoms with van der Waals surface area (Å²) in [5.74, 6) is 1.40. The Morgan fingerprint density at radius 3 is 2.90 bits per heavy atom. The van der Waals surface area contributed by atoms with E-state index in [4.69, 9.17) is 15.5 Å². The van der Waals surface area contributed by atoms with Gasteiger partial charge in [-0.3, -0.25) is 4.98 Å².